The SMILES string of the molecule is CCCCCCCCCCCC/C=C/CC/C=C/C(O)C(COP(=O)(O)OCCN)NC(=O)CC(O)CCCCCCCCCCCCCCCCCCCCC. The fourth-order valence-corrected chi connectivity index (χ4v) is 7.95. The highest BCUT2D eigenvalue weighted by molar-refractivity contribution is 7.47. The van der Waals surface area contributed by atoms with Gasteiger partial charge >= 0.3 is 7.82 Å². The van der Waals surface area contributed by atoms with Crippen molar-refractivity contribution in [3.05, 3.63) is 24.3 Å². The van der Waals surface area contributed by atoms with E-state index in [1.54, 1.807) is 6.08 Å². The molecule has 0 heterocycles. The zero-order valence-corrected chi connectivity index (χ0v) is 38.1. The predicted molar refractivity (Wildman–Crippen MR) is 241 cm³/mol. The molecule has 0 saturated heterocycles. The number of hydrogen-bond donors (Lipinski definition) is 5. The average Bonchev–Trinajstić information content (AvgIpc) is 3.19. The quantitative estimate of drug-likeness (QED) is 0.0231. The molecule has 10 heteroatoms. The molecule has 0 aromatic heterocycles. The molecular weight excluding hydrogens is 735 g/mol. The van der Waals surface area contributed by atoms with Gasteiger partial charge in [0.2, 0.25) is 5.91 Å². The number of hydrogen-bond acceptors (Lipinski definition) is 7. The number of allylic oxidation sites excluding steroid dienone is 3. The molecule has 0 radical (unpaired) electrons. The lowest BCUT2D eigenvalue weighted by Gasteiger charge is -2.24. The first-order chi connectivity index (χ1) is 27.8. The van der Waals surface area contributed by atoms with Crippen molar-refractivity contribution in [1.82, 2.24) is 5.32 Å². The van der Waals surface area contributed by atoms with Crippen molar-refractivity contribution in [3.63, 3.8) is 0 Å². The summed E-state index contributed by atoms with van der Waals surface area (Å²) in [7, 11) is -4.41. The summed E-state index contributed by atoms with van der Waals surface area (Å²) in [6, 6.07) is -0.996. The molecule has 0 aliphatic heterocycles. The molecule has 0 aliphatic carbocycles. The van der Waals surface area contributed by atoms with Crippen molar-refractivity contribution < 1.29 is 33.5 Å². The van der Waals surface area contributed by atoms with Gasteiger partial charge in [-0.3, -0.25) is 13.8 Å². The molecule has 338 valence electrons. The third-order valence-electron chi connectivity index (χ3n) is 10.8. The molecular formula is C47H93N2O7P. The number of phosphoric acid groups is 1. The number of rotatable bonds is 45. The minimum atomic E-state index is -4.41. The maximum Gasteiger partial charge on any atom is 0.472 e. The number of unbranched alkanes of at least 4 members (excludes halogenated alkanes) is 29. The van der Waals surface area contributed by atoms with E-state index in [1.807, 2.05) is 6.08 Å². The normalized spacial score (nSPS) is 14.7. The fourth-order valence-electron chi connectivity index (χ4n) is 7.19. The van der Waals surface area contributed by atoms with E-state index in [0.717, 1.165) is 32.1 Å². The third kappa shape index (κ3) is 41.5. The van der Waals surface area contributed by atoms with Gasteiger partial charge in [0.25, 0.3) is 0 Å². The monoisotopic (exact) mass is 829 g/mol. The van der Waals surface area contributed by atoms with Crippen LogP contribution in [0, 0.1) is 0 Å². The van der Waals surface area contributed by atoms with Crippen LogP contribution in [0.2, 0.25) is 0 Å². The molecule has 0 rings (SSSR count). The zero-order valence-electron chi connectivity index (χ0n) is 37.2. The van der Waals surface area contributed by atoms with Gasteiger partial charge in [-0.25, -0.2) is 4.57 Å². The van der Waals surface area contributed by atoms with Gasteiger partial charge in [0.05, 0.1) is 37.9 Å². The van der Waals surface area contributed by atoms with Gasteiger partial charge in [-0.15, -0.1) is 0 Å². The Balaban J connectivity index is 4.25. The van der Waals surface area contributed by atoms with E-state index in [1.165, 1.54) is 167 Å². The van der Waals surface area contributed by atoms with Gasteiger partial charge in [-0.1, -0.05) is 218 Å². The lowest BCUT2D eigenvalue weighted by Crippen LogP contribution is -2.46. The Kier molecular flexibility index (Phi) is 42.2. The fraction of sp³-hybridized carbons (Fsp3) is 0.894. The second-order valence-electron chi connectivity index (χ2n) is 16.5. The van der Waals surface area contributed by atoms with E-state index in [2.05, 4.69) is 31.3 Å². The minimum Gasteiger partial charge on any atom is -0.393 e. The molecule has 0 aromatic carbocycles. The highest BCUT2D eigenvalue weighted by Gasteiger charge is 2.27. The first-order valence-corrected chi connectivity index (χ1v) is 25.5. The summed E-state index contributed by atoms with van der Waals surface area (Å²) in [6.45, 7) is 3.98. The van der Waals surface area contributed by atoms with Crippen LogP contribution in [0.15, 0.2) is 24.3 Å². The Morgan fingerprint density at radius 1 is 0.596 bits per heavy atom. The van der Waals surface area contributed by atoms with Crippen LogP contribution in [0.25, 0.3) is 0 Å². The van der Waals surface area contributed by atoms with Gasteiger partial charge in [-0.2, -0.15) is 0 Å². The topological polar surface area (TPSA) is 151 Å². The molecule has 0 saturated carbocycles. The highest BCUT2D eigenvalue weighted by Crippen LogP contribution is 2.43. The number of nitrogens with two attached hydrogens (primary N) is 1. The third-order valence-corrected chi connectivity index (χ3v) is 11.8. The molecule has 4 atom stereocenters. The maximum atomic E-state index is 12.8. The summed E-state index contributed by atoms with van der Waals surface area (Å²) in [6.07, 6.45) is 47.0. The van der Waals surface area contributed by atoms with Crippen LogP contribution in [0.5, 0.6) is 0 Å². The van der Waals surface area contributed by atoms with E-state index in [4.69, 9.17) is 14.8 Å². The van der Waals surface area contributed by atoms with Crippen LogP contribution in [-0.4, -0.2) is 59.0 Å². The zero-order chi connectivity index (χ0) is 41.9. The molecule has 0 spiro atoms. The molecule has 57 heavy (non-hydrogen) atoms. The summed E-state index contributed by atoms with van der Waals surface area (Å²) in [4.78, 5) is 22.8. The van der Waals surface area contributed by atoms with Crippen LogP contribution in [0.4, 0.5) is 0 Å². The Morgan fingerprint density at radius 3 is 1.46 bits per heavy atom. The Hall–Kier alpha value is -1.06. The minimum absolute atomic E-state index is 0.0462. The first-order valence-electron chi connectivity index (χ1n) is 24.0. The smallest absolute Gasteiger partial charge is 0.393 e. The highest BCUT2D eigenvalue weighted by atomic mass is 31.2. The molecule has 4 unspecified atom stereocenters. The lowest BCUT2D eigenvalue weighted by molar-refractivity contribution is -0.124. The first kappa shape index (κ1) is 55.9. The number of aliphatic hydroxyl groups is 2. The van der Waals surface area contributed by atoms with E-state index in [-0.39, 0.29) is 19.6 Å². The summed E-state index contributed by atoms with van der Waals surface area (Å²) in [5.41, 5.74) is 5.37. The number of carbonyl (C=O) groups is 1. The van der Waals surface area contributed by atoms with Crippen molar-refractivity contribution in [2.24, 2.45) is 5.73 Å². The molecule has 9 nitrogen and oxygen atoms in total. The molecule has 6 N–H and O–H groups in total. The summed E-state index contributed by atoms with van der Waals surface area (Å²) < 4.78 is 22.1. The summed E-state index contributed by atoms with van der Waals surface area (Å²) in [5, 5.41) is 24.1. The average molecular weight is 829 g/mol. The van der Waals surface area contributed by atoms with Crippen LogP contribution in [0.3, 0.4) is 0 Å². The van der Waals surface area contributed by atoms with Gasteiger partial charge in [-0.05, 0) is 32.1 Å². The second-order valence-corrected chi connectivity index (χ2v) is 18.0. The Labute approximate surface area is 351 Å². The number of aliphatic hydroxyl groups excluding tert-OH is 2. The van der Waals surface area contributed by atoms with Gasteiger partial charge < -0.3 is 26.2 Å². The van der Waals surface area contributed by atoms with Crippen LogP contribution in [-0.2, 0) is 18.4 Å². The number of amides is 1. The number of carbonyl (C=O) groups excluding carboxylic acids is 1. The summed E-state index contributed by atoms with van der Waals surface area (Å²) in [5.74, 6) is -0.452. The molecule has 1 amide bonds. The molecule has 0 aromatic rings. The maximum absolute atomic E-state index is 12.8. The second kappa shape index (κ2) is 43.0. The van der Waals surface area contributed by atoms with Crippen molar-refractivity contribution in [2.45, 2.75) is 250 Å². The van der Waals surface area contributed by atoms with Crippen LogP contribution in [0.1, 0.15) is 232 Å². The van der Waals surface area contributed by atoms with Gasteiger partial charge in [0.1, 0.15) is 0 Å². The van der Waals surface area contributed by atoms with E-state index in [0.29, 0.717) is 12.8 Å². The standard InChI is InChI=1S/C47H93N2O7P/c1-3-5-7-9-11-13-15-17-19-21-22-23-24-26-28-30-32-34-36-38-44(50)42-47(52)49-45(43-56-57(53,54)55-41-40-48)46(51)39-37-35-33-31-29-27-25-20-18-16-14-12-10-8-6-4-2/h29,31,37,39,44-46,50-51H,3-28,30,32-36,38,40-43,48H2,1-2H3,(H,49,52)(H,53,54)/b31-29+,39-37+. The lowest BCUT2D eigenvalue weighted by atomic mass is 10.0. The molecule has 0 fully saturated rings. The van der Waals surface area contributed by atoms with Crippen molar-refractivity contribution in [3.8, 4) is 0 Å². The van der Waals surface area contributed by atoms with Gasteiger partial charge in [0, 0.05) is 6.54 Å². The number of nitrogens with one attached hydrogen (secondary N) is 1. The Bertz CT molecular complexity index is 966. The van der Waals surface area contributed by atoms with Crippen LogP contribution >= 0.6 is 7.82 Å². The van der Waals surface area contributed by atoms with E-state index < -0.39 is 38.6 Å². The Morgan fingerprint density at radius 2 is 1.00 bits per heavy atom. The van der Waals surface area contributed by atoms with E-state index >= 15 is 0 Å². The van der Waals surface area contributed by atoms with Gasteiger partial charge in [0.15, 0.2) is 0 Å². The molecule has 0 aliphatic rings. The van der Waals surface area contributed by atoms with Crippen molar-refractivity contribution in [2.75, 3.05) is 19.8 Å². The largest absolute Gasteiger partial charge is 0.472 e. The van der Waals surface area contributed by atoms with Crippen molar-refractivity contribution in [1.29, 1.82) is 0 Å². The molecule has 0 bridgehead atoms. The summed E-state index contributed by atoms with van der Waals surface area (Å²) >= 11 is 0. The predicted octanol–water partition coefficient (Wildman–Crippen LogP) is 12.7. The van der Waals surface area contributed by atoms with E-state index in [9.17, 15) is 24.5 Å². The van der Waals surface area contributed by atoms with Crippen LogP contribution < -0.4 is 11.1 Å². The van der Waals surface area contributed by atoms with Crippen molar-refractivity contribution >= 4 is 13.7 Å². The number of phosphoric ester groups is 1.